The number of likely N-dealkylation sites (tertiary alicyclic amines) is 1. The van der Waals surface area contributed by atoms with Gasteiger partial charge in [0.25, 0.3) is 5.91 Å². The molecular weight excluding hydrogens is 352 g/mol. The van der Waals surface area contributed by atoms with E-state index in [1.165, 1.54) is 5.56 Å². The first kappa shape index (κ1) is 18.5. The van der Waals surface area contributed by atoms with Gasteiger partial charge in [-0.15, -0.1) is 5.10 Å². The van der Waals surface area contributed by atoms with Crippen LogP contribution in [-0.2, 0) is 13.0 Å². The molecule has 0 unspecified atom stereocenters. The summed E-state index contributed by atoms with van der Waals surface area (Å²) in [4.78, 5) is 14.8. The molecule has 0 saturated carbocycles. The molecule has 1 amide bonds. The number of carbonyl (C=O) groups excluding carboxylic acids is 1. The second kappa shape index (κ2) is 8.00. The zero-order valence-electron chi connectivity index (χ0n) is 16.2. The summed E-state index contributed by atoms with van der Waals surface area (Å²) in [6.07, 6.45) is 4.22. The van der Waals surface area contributed by atoms with E-state index >= 15 is 0 Å². The summed E-state index contributed by atoms with van der Waals surface area (Å²) >= 11 is 0. The van der Waals surface area contributed by atoms with Gasteiger partial charge in [0.1, 0.15) is 11.3 Å². The Balaban J connectivity index is 1.33. The van der Waals surface area contributed by atoms with Gasteiger partial charge in [0.05, 0.1) is 5.52 Å². The van der Waals surface area contributed by atoms with Crippen molar-refractivity contribution in [1.29, 1.82) is 0 Å². The molecule has 1 aromatic heterocycles. The van der Waals surface area contributed by atoms with Crippen LogP contribution in [0.5, 0.6) is 5.75 Å². The zero-order chi connectivity index (χ0) is 19.5. The molecule has 28 heavy (non-hydrogen) atoms. The predicted molar refractivity (Wildman–Crippen MR) is 108 cm³/mol. The number of fused-ring (bicyclic) bond motifs is 1. The van der Waals surface area contributed by atoms with Crippen molar-refractivity contribution in [3.63, 3.8) is 0 Å². The molecule has 1 aliphatic rings. The number of carbonyl (C=O) groups is 1. The van der Waals surface area contributed by atoms with Crippen molar-refractivity contribution in [2.75, 3.05) is 13.1 Å². The number of nitrogens with zero attached hydrogens (tertiary/aromatic N) is 4. The van der Waals surface area contributed by atoms with Crippen molar-refractivity contribution in [2.24, 2.45) is 5.92 Å². The van der Waals surface area contributed by atoms with Crippen LogP contribution in [0.25, 0.3) is 11.0 Å². The standard InChI is InChI=1S/C22H26N4O2/c1-2-26-21-10-7-18(15-20(21)23-24-26)22(28)25-13-11-17(12-14-25)4-3-16-5-8-19(27)9-6-16/h5-10,15,17,27H,2-4,11-14H2,1H3. The van der Waals surface area contributed by atoms with E-state index < -0.39 is 0 Å². The van der Waals surface area contributed by atoms with E-state index in [0.29, 0.717) is 17.2 Å². The lowest BCUT2D eigenvalue weighted by atomic mass is 9.90. The minimum Gasteiger partial charge on any atom is -0.508 e. The molecule has 6 nitrogen and oxygen atoms in total. The van der Waals surface area contributed by atoms with Gasteiger partial charge in [-0.25, -0.2) is 4.68 Å². The smallest absolute Gasteiger partial charge is 0.253 e. The van der Waals surface area contributed by atoms with Gasteiger partial charge < -0.3 is 10.0 Å². The highest BCUT2D eigenvalue weighted by Crippen LogP contribution is 2.24. The quantitative estimate of drug-likeness (QED) is 0.736. The van der Waals surface area contributed by atoms with Gasteiger partial charge in [0.2, 0.25) is 0 Å². The van der Waals surface area contributed by atoms with Crippen LogP contribution in [-0.4, -0.2) is 44.0 Å². The highest BCUT2D eigenvalue weighted by atomic mass is 16.3. The van der Waals surface area contributed by atoms with E-state index in [2.05, 4.69) is 10.3 Å². The number of hydrogen-bond acceptors (Lipinski definition) is 4. The molecule has 0 spiro atoms. The van der Waals surface area contributed by atoms with Gasteiger partial charge in [-0.05, 0) is 74.4 Å². The van der Waals surface area contributed by atoms with Crippen LogP contribution >= 0.6 is 0 Å². The lowest BCUT2D eigenvalue weighted by Crippen LogP contribution is -2.38. The van der Waals surface area contributed by atoms with Crippen molar-refractivity contribution in [3.05, 3.63) is 53.6 Å². The Morgan fingerprint density at radius 1 is 1.14 bits per heavy atom. The Bertz CT molecular complexity index is 956. The fourth-order valence-electron chi connectivity index (χ4n) is 3.98. The molecule has 0 radical (unpaired) electrons. The number of aryl methyl sites for hydroxylation is 2. The minimum absolute atomic E-state index is 0.0879. The van der Waals surface area contributed by atoms with E-state index in [1.807, 2.05) is 46.8 Å². The molecule has 1 fully saturated rings. The topological polar surface area (TPSA) is 71.2 Å². The minimum atomic E-state index is 0.0879. The number of piperidine rings is 1. The Hall–Kier alpha value is -2.89. The van der Waals surface area contributed by atoms with Gasteiger partial charge in [0.15, 0.2) is 0 Å². The van der Waals surface area contributed by atoms with Gasteiger partial charge in [-0.2, -0.15) is 0 Å². The number of amides is 1. The van der Waals surface area contributed by atoms with Gasteiger partial charge >= 0.3 is 0 Å². The number of hydrogen-bond donors (Lipinski definition) is 1. The molecule has 0 bridgehead atoms. The van der Waals surface area contributed by atoms with Crippen LogP contribution in [0.4, 0.5) is 0 Å². The summed E-state index contributed by atoms with van der Waals surface area (Å²) in [5.74, 6) is 1.04. The summed E-state index contributed by atoms with van der Waals surface area (Å²) in [5.41, 5.74) is 3.69. The van der Waals surface area contributed by atoms with Crippen molar-refractivity contribution in [1.82, 2.24) is 19.9 Å². The van der Waals surface area contributed by atoms with Crippen LogP contribution in [0.2, 0.25) is 0 Å². The lowest BCUT2D eigenvalue weighted by molar-refractivity contribution is 0.0687. The number of phenolic OH excluding ortho intramolecular Hbond substituents is 1. The van der Waals surface area contributed by atoms with Gasteiger partial charge in [-0.1, -0.05) is 17.3 Å². The maximum absolute atomic E-state index is 12.9. The largest absolute Gasteiger partial charge is 0.508 e. The second-order valence-corrected chi connectivity index (χ2v) is 7.55. The SMILES string of the molecule is CCn1nnc2cc(C(=O)N3CCC(CCc4ccc(O)cc4)CC3)ccc21. The first-order valence-electron chi connectivity index (χ1n) is 10.0. The average Bonchev–Trinajstić information content (AvgIpc) is 3.15. The Labute approximate surface area is 164 Å². The third-order valence-electron chi connectivity index (χ3n) is 5.74. The normalized spacial score (nSPS) is 15.2. The molecule has 146 valence electrons. The number of aromatic hydroxyl groups is 1. The number of benzene rings is 2. The Morgan fingerprint density at radius 2 is 1.89 bits per heavy atom. The van der Waals surface area contributed by atoms with Crippen LogP contribution in [0.3, 0.4) is 0 Å². The highest BCUT2D eigenvalue weighted by Gasteiger charge is 2.24. The molecule has 0 aliphatic carbocycles. The zero-order valence-corrected chi connectivity index (χ0v) is 16.2. The molecule has 3 aromatic rings. The molecule has 6 heteroatoms. The number of phenols is 1. The number of aromatic nitrogens is 3. The molecule has 4 rings (SSSR count). The van der Waals surface area contributed by atoms with E-state index in [0.717, 1.165) is 56.4 Å². The maximum atomic E-state index is 12.9. The summed E-state index contributed by atoms with van der Waals surface area (Å²) in [6, 6.07) is 13.1. The van der Waals surface area contributed by atoms with Crippen molar-refractivity contribution in [2.45, 2.75) is 39.2 Å². The number of rotatable bonds is 5. The predicted octanol–water partition coefficient (Wildman–Crippen LogP) is 3.64. The fraction of sp³-hybridized carbons (Fsp3) is 0.409. The molecule has 2 heterocycles. The van der Waals surface area contributed by atoms with Crippen LogP contribution in [0.1, 0.15) is 42.1 Å². The third-order valence-corrected chi connectivity index (χ3v) is 5.74. The van der Waals surface area contributed by atoms with Crippen molar-refractivity contribution >= 4 is 16.9 Å². The Kier molecular flexibility index (Phi) is 5.28. The van der Waals surface area contributed by atoms with Crippen LogP contribution < -0.4 is 0 Å². The van der Waals surface area contributed by atoms with Crippen molar-refractivity contribution in [3.8, 4) is 5.75 Å². The van der Waals surface area contributed by atoms with Crippen molar-refractivity contribution < 1.29 is 9.90 Å². The second-order valence-electron chi connectivity index (χ2n) is 7.55. The first-order chi connectivity index (χ1) is 13.6. The average molecular weight is 378 g/mol. The fourth-order valence-corrected chi connectivity index (χ4v) is 3.98. The lowest BCUT2D eigenvalue weighted by Gasteiger charge is -2.32. The molecule has 1 aliphatic heterocycles. The Morgan fingerprint density at radius 3 is 2.61 bits per heavy atom. The highest BCUT2D eigenvalue weighted by molar-refractivity contribution is 5.97. The molecule has 1 N–H and O–H groups in total. The van der Waals surface area contributed by atoms with Gasteiger partial charge in [-0.3, -0.25) is 4.79 Å². The van der Waals surface area contributed by atoms with E-state index in [1.54, 1.807) is 12.1 Å². The summed E-state index contributed by atoms with van der Waals surface area (Å²) in [6.45, 7) is 4.40. The van der Waals surface area contributed by atoms with Gasteiger partial charge in [0, 0.05) is 25.2 Å². The summed E-state index contributed by atoms with van der Waals surface area (Å²) < 4.78 is 1.84. The van der Waals surface area contributed by atoms with E-state index in [9.17, 15) is 9.90 Å². The summed E-state index contributed by atoms with van der Waals surface area (Å²) in [5, 5.41) is 17.7. The van der Waals surface area contributed by atoms with E-state index in [-0.39, 0.29) is 5.91 Å². The molecule has 2 aromatic carbocycles. The summed E-state index contributed by atoms with van der Waals surface area (Å²) in [7, 11) is 0. The van der Waals surface area contributed by atoms with Crippen LogP contribution in [0.15, 0.2) is 42.5 Å². The van der Waals surface area contributed by atoms with Crippen LogP contribution in [0, 0.1) is 5.92 Å². The third kappa shape index (κ3) is 3.86. The van der Waals surface area contributed by atoms with E-state index in [4.69, 9.17) is 0 Å². The molecule has 1 saturated heterocycles. The maximum Gasteiger partial charge on any atom is 0.253 e. The first-order valence-corrected chi connectivity index (χ1v) is 10.0. The monoisotopic (exact) mass is 378 g/mol. The molecular formula is C22H26N4O2. The molecule has 0 atom stereocenters.